The molecule has 1 aromatic carbocycles. The summed E-state index contributed by atoms with van der Waals surface area (Å²) < 4.78 is 11.4. The summed E-state index contributed by atoms with van der Waals surface area (Å²) in [6, 6.07) is 2.01. The Balaban J connectivity index is 2.50. The summed E-state index contributed by atoms with van der Waals surface area (Å²) in [7, 11) is 0. The van der Waals surface area contributed by atoms with Gasteiger partial charge in [0.1, 0.15) is 13.2 Å². The summed E-state index contributed by atoms with van der Waals surface area (Å²) in [6.45, 7) is 6.13. The average molecular weight is 270 g/mol. The highest BCUT2D eigenvalue weighted by atomic mass is 35.5. The molecule has 4 heteroatoms. The second-order valence-electron chi connectivity index (χ2n) is 4.61. The maximum atomic E-state index is 6.28. The molecule has 1 atom stereocenters. The van der Waals surface area contributed by atoms with Gasteiger partial charge in [-0.2, -0.15) is 0 Å². The standard InChI is InChI=1S/C14H20ClNO2/c1-3-10-11(9(2)4-5-16)8-12(15)14-13(10)17-6-7-18-14/h8-9H,3-7,16H2,1-2H3. The second kappa shape index (κ2) is 5.81. The van der Waals surface area contributed by atoms with E-state index in [-0.39, 0.29) is 0 Å². The molecule has 1 unspecified atom stereocenters. The predicted molar refractivity (Wildman–Crippen MR) is 73.9 cm³/mol. The fourth-order valence-electron chi connectivity index (χ4n) is 2.45. The van der Waals surface area contributed by atoms with Crippen molar-refractivity contribution in [3.8, 4) is 11.5 Å². The third kappa shape index (κ3) is 2.43. The van der Waals surface area contributed by atoms with E-state index in [4.69, 9.17) is 26.8 Å². The van der Waals surface area contributed by atoms with Crippen LogP contribution in [0.1, 0.15) is 37.3 Å². The Labute approximate surface area is 113 Å². The van der Waals surface area contributed by atoms with Gasteiger partial charge in [0.2, 0.25) is 0 Å². The van der Waals surface area contributed by atoms with Gasteiger partial charge in [-0.25, -0.2) is 0 Å². The second-order valence-corrected chi connectivity index (χ2v) is 5.02. The van der Waals surface area contributed by atoms with Crippen molar-refractivity contribution in [3.63, 3.8) is 0 Å². The molecule has 3 nitrogen and oxygen atoms in total. The monoisotopic (exact) mass is 269 g/mol. The quantitative estimate of drug-likeness (QED) is 0.913. The molecular formula is C14H20ClNO2. The third-order valence-corrected chi connectivity index (χ3v) is 3.67. The maximum absolute atomic E-state index is 6.28. The molecule has 1 aromatic rings. The molecule has 0 radical (unpaired) electrons. The first-order valence-electron chi connectivity index (χ1n) is 6.50. The van der Waals surface area contributed by atoms with Gasteiger partial charge < -0.3 is 15.2 Å². The first-order valence-corrected chi connectivity index (χ1v) is 6.87. The molecule has 2 N–H and O–H groups in total. The van der Waals surface area contributed by atoms with Gasteiger partial charge >= 0.3 is 0 Å². The Morgan fingerprint density at radius 2 is 2.00 bits per heavy atom. The predicted octanol–water partition coefficient (Wildman–Crippen LogP) is 3.13. The highest BCUT2D eigenvalue weighted by molar-refractivity contribution is 6.32. The summed E-state index contributed by atoms with van der Waals surface area (Å²) in [5, 5.41) is 0.640. The molecule has 0 bridgehead atoms. The summed E-state index contributed by atoms with van der Waals surface area (Å²) in [4.78, 5) is 0. The topological polar surface area (TPSA) is 44.5 Å². The molecule has 1 heterocycles. The lowest BCUT2D eigenvalue weighted by Crippen LogP contribution is -2.18. The summed E-state index contributed by atoms with van der Waals surface area (Å²) in [6.07, 6.45) is 1.86. The molecular weight excluding hydrogens is 250 g/mol. The highest BCUT2D eigenvalue weighted by Crippen LogP contribution is 2.44. The van der Waals surface area contributed by atoms with E-state index in [9.17, 15) is 0 Å². The molecule has 0 aliphatic carbocycles. The molecule has 18 heavy (non-hydrogen) atoms. The van der Waals surface area contributed by atoms with Crippen LogP contribution in [0, 0.1) is 0 Å². The van der Waals surface area contributed by atoms with Gasteiger partial charge in [0.25, 0.3) is 0 Å². The number of fused-ring (bicyclic) bond motifs is 1. The van der Waals surface area contributed by atoms with E-state index in [1.807, 2.05) is 6.07 Å². The van der Waals surface area contributed by atoms with Crippen LogP contribution >= 0.6 is 11.6 Å². The van der Waals surface area contributed by atoms with Crippen LogP contribution in [-0.2, 0) is 6.42 Å². The highest BCUT2D eigenvalue weighted by Gasteiger charge is 2.23. The fraction of sp³-hybridized carbons (Fsp3) is 0.571. The number of nitrogens with two attached hydrogens (primary N) is 1. The Morgan fingerprint density at radius 1 is 1.33 bits per heavy atom. The minimum absolute atomic E-state index is 0.387. The molecule has 0 saturated heterocycles. The Hall–Kier alpha value is -0.930. The van der Waals surface area contributed by atoms with Crippen LogP contribution in [0.15, 0.2) is 6.07 Å². The van der Waals surface area contributed by atoms with Gasteiger partial charge in [-0.15, -0.1) is 0 Å². The van der Waals surface area contributed by atoms with E-state index in [2.05, 4.69) is 13.8 Å². The third-order valence-electron chi connectivity index (χ3n) is 3.39. The minimum Gasteiger partial charge on any atom is -0.486 e. The van der Waals surface area contributed by atoms with Crippen molar-refractivity contribution >= 4 is 11.6 Å². The Bertz CT molecular complexity index is 434. The molecule has 1 aliphatic rings. The molecule has 0 aromatic heterocycles. The number of benzene rings is 1. The zero-order valence-electron chi connectivity index (χ0n) is 11.0. The Kier molecular flexibility index (Phi) is 4.36. The van der Waals surface area contributed by atoms with Crippen molar-refractivity contribution in [2.75, 3.05) is 19.8 Å². The lowest BCUT2D eigenvalue weighted by Gasteiger charge is -2.25. The maximum Gasteiger partial charge on any atom is 0.180 e. The molecule has 0 amide bonds. The number of hydrogen-bond donors (Lipinski definition) is 1. The van der Waals surface area contributed by atoms with E-state index in [0.29, 0.717) is 36.4 Å². The Morgan fingerprint density at radius 3 is 2.61 bits per heavy atom. The minimum atomic E-state index is 0.387. The number of ether oxygens (including phenoxy) is 2. The van der Waals surface area contributed by atoms with E-state index in [1.165, 1.54) is 11.1 Å². The average Bonchev–Trinajstić information content (AvgIpc) is 2.39. The molecule has 100 valence electrons. The van der Waals surface area contributed by atoms with Crippen LogP contribution in [0.5, 0.6) is 11.5 Å². The summed E-state index contributed by atoms with van der Waals surface area (Å²) in [5.74, 6) is 1.91. The first kappa shape index (κ1) is 13.5. The van der Waals surface area contributed by atoms with Crippen molar-refractivity contribution in [2.45, 2.75) is 32.6 Å². The van der Waals surface area contributed by atoms with Crippen molar-refractivity contribution in [2.24, 2.45) is 5.73 Å². The zero-order valence-corrected chi connectivity index (χ0v) is 11.7. The number of hydrogen-bond acceptors (Lipinski definition) is 3. The van der Waals surface area contributed by atoms with Crippen LogP contribution in [0.2, 0.25) is 5.02 Å². The largest absolute Gasteiger partial charge is 0.486 e. The van der Waals surface area contributed by atoms with Crippen molar-refractivity contribution in [1.29, 1.82) is 0 Å². The van der Waals surface area contributed by atoms with Crippen LogP contribution < -0.4 is 15.2 Å². The summed E-state index contributed by atoms with van der Waals surface area (Å²) in [5.41, 5.74) is 8.08. The van der Waals surface area contributed by atoms with Crippen molar-refractivity contribution in [1.82, 2.24) is 0 Å². The van der Waals surface area contributed by atoms with E-state index in [1.54, 1.807) is 0 Å². The normalized spacial score (nSPS) is 15.6. The van der Waals surface area contributed by atoms with Gasteiger partial charge in [0.05, 0.1) is 5.02 Å². The lowest BCUT2D eigenvalue weighted by molar-refractivity contribution is 0.170. The zero-order chi connectivity index (χ0) is 13.1. The molecule has 0 saturated carbocycles. The molecule has 0 spiro atoms. The van der Waals surface area contributed by atoms with Crippen LogP contribution in [0.3, 0.4) is 0 Å². The van der Waals surface area contributed by atoms with Gasteiger partial charge in [-0.1, -0.05) is 25.4 Å². The van der Waals surface area contributed by atoms with Gasteiger partial charge in [-0.05, 0) is 36.9 Å². The van der Waals surface area contributed by atoms with Gasteiger partial charge in [-0.3, -0.25) is 0 Å². The number of rotatable bonds is 4. The van der Waals surface area contributed by atoms with Crippen molar-refractivity contribution in [3.05, 3.63) is 22.2 Å². The number of halogens is 1. The molecule has 1 aliphatic heterocycles. The fourth-order valence-corrected chi connectivity index (χ4v) is 2.71. The van der Waals surface area contributed by atoms with Crippen molar-refractivity contribution < 1.29 is 9.47 Å². The molecule has 2 rings (SSSR count). The van der Waals surface area contributed by atoms with Crippen LogP contribution in [0.4, 0.5) is 0 Å². The smallest absolute Gasteiger partial charge is 0.180 e. The SMILES string of the molecule is CCc1c(C(C)CCN)cc(Cl)c2c1OCCO2. The first-order chi connectivity index (χ1) is 8.69. The lowest BCUT2D eigenvalue weighted by atomic mass is 9.91. The van der Waals surface area contributed by atoms with E-state index in [0.717, 1.165) is 18.6 Å². The summed E-state index contributed by atoms with van der Waals surface area (Å²) >= 11 is 6.28. The van der Waals surface area contributed by atoms with Gasteiger partial charge in [0.15, 0.2) is 11.5 Å². The van der Waals surface area contributed by atoms with E-state index < -0.39 is 0 Å². The molecule has 0 fully saturated rings. The van der Waals surface area contributed by atoms with Crippen LogP contribution in [0.25, 0.3) is 0 Å². The van der Waals surface area contributed by atoms with Crippen LogP contribution in [-0.4, -0.2) is 19.8 Å². The van der Waals surface area contributed by atoms with Gasteiger partial charge in [0, 0.05) is 5.56 Å². The van der Waals surface area contributed by atoms with E-state index >= 15 is 0 Å².